The highest BCUT2D eigenvalue weighted by Gasteiger charge is 2.21. The van der Waals surface area contributed by atoms with Gasteiger partial charge in [0.05, 0.1) is 12.6 Å². The number of rotatable bonds is 4. The molecule has 0 saturated heterocycles. The van der Waals surface area contributed by atoms with Gasteiger partial charge in [0.1, 0.15) is 11.6 Å². The zero-order valence-corrected chi connectivity index (χ0v) is 11.6. The van der Waals surface area contributed by atoms with E-state index in [1.165, 1.54) is 10.9 Å². The zero-order valence-electron chi connectivity index (χ0n) is 10.8. The third-order valence-electron chi connectivity index (χ3n) is 3.21. The van der Waals surface area contributed by atoms with Gasteiger partial charge in [0.25, 0.3) is 0 Å². The molecule has 2 aromatic rings. The van der Waals surface area contributed by atoms with Crippen molar-refractivity contribution in [2.24, 2.45) is 0 Å². The predicted octanol–water partition coefficient (Wildman–Crippen LogP) is 4.00. The number of halogens is 1. The number of thiophene rings is 1. The van der Waals surface area contributed by atoms with Crippen LogP contribution in [0.25, 0.3) is 10.1 Å². The molecule has 1 unspecified atom stereocenters. The molecule has 0 aliphatic carbocycles. The quantitative estimate of drug-likeness (QED) is 0.912. The molecule has 100 valence electrons. The van der Waals surface area contributed by atoms with Crippen molar-refractivity contribution in [2.45, 2.75) is 19.4 Å². The summed E-state index contributed by atoms with van der Waals surface area (Å²) in [5, 5.41) is 4.53. The van der Waals surface area contributed by atoms with Crippen LogP contribution < -0.4 is 5.32 Å². The fraction of sp³-hybridized carbons (Fsp3) is 0.333. The van der Waals surface area contributed by atoms with E-state index in [4.69, 9.17) is 4.74 Å². The Labute approximate surface area is 115 Å². The third kappa shape index (κ3) is 2.51. The highest BCUT2D eigenvalue weighted by molar-refractivity contribution is 7.19. The van der Waals surface area contributed by atoms with Crippen LogP contribution in [-0.4, -0.2) is 13.2 Å². The Bertz CT molecular complexity index is 620. The first kappa shape index (κ1) is 12.6. The number of nitrogens with one attached hydrogen (secondary N) is 1. The highest BCUT2D eigenvalue weighted by atomic mass is 32.1. The summed E-state index contributed by atoms with van der Waals surface area (Å²) in [7, 11) is 0. The van der Waals surface area contributed by atoms with Gasteiger partial charge in [0.2, 0.25) is 0 Å². The Kier molecular flexibility index (Phi) is 3.53. The predicted molar refractivity (Wildman–Crippen MR) is 76.9 cm³/mol. The van der Waals surface area contributed by atoms with Crippen molar-refractivity contribution in [1.82, 2.24) is 5.32 Å². The minimum absolute atomic E-state index is 0.0907. The molecule has 1 atom stereocenters. The number of ether oxygens (including phenoxy) is 1. The van der Waals surface area contributed by atoms with Gasteiger partial charge in [-0.05, 0) is 36.2 Å². The summed E-state index contributed by atoms with van der Waals surface area (Å²) in [6, 6.07) is 7.14. The summed E-state index contributed by atoms with van der Waals surface area (Å²) >= 11 is 1.62. The van der Waals surface area contributed by atoms with Crippen molar-refractivity contribution < 1.29 is 9.13 Å². The Morgan fingerprint density at radius 1 is 1.42 bits per heavy atom. The summed E-state index contributed by atoms with van der Waals surface area (Å²) in [5.41, 5.74) is 0. The topological polar surface area (TPSA) is 21.3 Å². The molecular formula is C15H16FNOS. The second-order valence-electron chi connectivity index (χ2n) is 4.57. The lowest BCUT2D eigenvalue weighted by molar-refractivity contribution is 0.217. The minimum atomic E-state index is -0.183. The molecule has 1 aliphatic rings. The van der Waals surface area contributed by atoms with Gasteiger partial charge >= 0.3 is 0 Å². The molecule has 0 spiro atoms. The minimum Gasteiger partial charge on any atom is -0.496 e. The molecule has 19 heavy (non-hydrogen) atoms. The molecule has 0 fully saturated rings. The van der Waals surface area contributed by atoms with E-state index in [1.54, 1.807) is 17.4 Å². The Hall–Kier alpha value is -1.39. The molecule has 0 saturated carbocycles. The van der Waals surface area contributed by atoms with Gasteiger partial charge in [0, 0.05) is 16.0 Å². The summed E-state index contributed by atoms with van der Waals surface area (Å²) in [4.78, 5) is 1.18. The Morgan fingerprint density at radius 3 is 3.05 bits per heavy atom. The molecule has 1 aliphatic heterocycles. The standard InChI is InChI=1S/C15H16FNOS/c1-2-17-15(12-4-3-7-18-12)14-8-10-5-6-11(16)9-13(10)19-14/h4-6,8-9,15,17H,2-3,7H2,1H3. The van der Waals surface area contributed by atoms with E-state index in [0.717, 1.165) is 35.4 Å². The second kappa shape index (κ2) is 5.31. The SMILES string of the molecule is CCNC(C1=CCCO1)c1cc2ccc(F)cc2s1. The van der Waals surface area contributed by atoms with E-state index in [0.29, 0.717) is 0 Å². The van der Waals surface area contributed by atoms with Crippen LogP contribution in [0.2, 0.25) is 0 Å². The molecule has 1 aromatic heterocycles. The van der Waals surface area contributed by atoms with Crippen molar-refractivity contribution in [3.05, 3.63) is 46.8 Å². The first-order valence-electron chi connectivity index (χ1n) is 6.53. The summed E-state index contributed by atoms with van der Waals surface area (Å²) in [5.74, 6) is 0.811. The summed E-state index contributed by atoms with van der Waals surface area (Å²) < 4.78 is 19.9. The maximum Gasteiger partial charge on any atom is 0.124 e. The average molecular weight is 277 g/mol. The monoisotopic (exact) mass is 277 g/mol. The smallest absolute Gasteiger partial charge is 0.124 e. The van der Waals surface area contributed by atoms with Gasteiger partial charge in [-0.2, -0.15) is 0 Å². The van der Waals surface area contributed by atoms with Crippen molar-refractivity contribution in [3.63, 3.8) is 0 Å². The fourth-order valence-electron chi connectivity index (χ4n) is 2.35. The average Bonchev–Trinajstić information content (AvgIpc) is 3.04. The fourth-order valence-corrected chi connectivity index (χ4v) is 3.52. The van der Waals surface area contributed by atoms with Crippen LogP contribution in [0.4, 0.5) is 4.39 Å². The van der Waals surface area contributed by atoms with Crippen LogP contribution in [0.5, 0.6) is 0 Å². The van der Waals surface area contributed by atoms with Gasteiger partial charge in [-0.3, -0.25) is 0 Å². The second-order valence-corrected chi connectivity index (χ2v) is 5.68. The van der Waals surface area contributed by atoms with Crippen LogP contribution >= 0.6 is 11.3 Å². The molecule has 3 rings (SSSR count). The first-order chi connectivity index (χ1) is 9.28. The van der Waals surface area contributed by atoms with Crippen LogP contribution in [0.15, 0.2) is 36.1 Å². The largest absolute Gasteiger partial charge is 0.496 e. The Morgan fingerprint density at radius 2 is 2.32 bits per heavy atom. The van der Waals surface area contributed by atoms with Crippen LogP contribution in [0, 0.1) is 5.82 Å². The molecule has 4 heteroatoms. The van der Waals surface area contributed by atoms with Crippen LogP contribution in [-0.2, 0) is 4.74 Å². The number of likely N-dealkylation sites (N-methyl/N-ethyl adjacent to an activating group) is 1. The van der Waals surface area contributed by atoms with Gasteiger partial charge in [0.15, 0.2) is 0 Å². The van der Waals surface area contributed by atoms with Crippen molar-refractivity contribution in [1.29, 1.82) is 0 Å². The normalized spacial score (nSPS) is 16.4. The van der Waals surface area contributed by atoms with E-state index >= 15 is 0 Å². The van der Waals surface area contributed by atoms with Gasteiger partial charge in [-0.15, -0.1) is 11.3 Å². The maximum atomic E-state index is 13.3. The third-order valence-corrected chi connectivity index (χ3v) is 4.37. The van der Waals surface area contributed by atoms with Gasteiger partial charge < -0.3 is 10.1 Å². The lowest BCUT2D eigenvalue weighted by Crippen LogP contribution is -2.22. The lowest BCUT2D eigenvalue weighted by atomic mass is 10.1. The van der Waals surface area contributed by atoms with E-state index in [2.05, 4.69) is 24.4 Å². The zero-order chi connectivity index (χ0) is 13.2. The van der Waals surface area contributed by atoms with Crippen molar-refractivity contribution >= 4 is 21.4 Å². The van der Waals surface area contributed by atoms with E-state index in [1.807, 2.05) is 6.07 Å². The molecule has 0 radical (unpaired) electrons. The lowest BCUT2D eigenvalue weighted by Gasteiger charge is -2.17. The van der Waals surface area contributed by atoms with Gasteiger partial charge in [-0.1, -0.05) is 13.0 Å². The number of benzene rings is 1. The molecule has 2 nitrogen and oxygen atoms in total. The molecule has 0 amide bonds. The number of fused-ring (bicyclic) bond motifs is 1. The maximum absolute atomic E-state index is 13.3. The van der Waals surface area contributed by atoms with Crippen molar-refractivity contribution in [3.8, 4) is 0 Å². The number of hydrogen-bond acceptors (Lipinski definition) is 3. The van der Waals surface area contributed by atoms with Gasteiger partial charge in [-0.25, -0.2) is 4.39 Å². The molecular weight excluding hydrogens is 261 g/mol. The molecule has 1 N–H and O–H groups in total. The summed E-state index contributed by atoms with van der Waals surface area (Å²) in [6.45, 7) is 3.71. The van der Waals surface area contributed by atoms with Crippen molar-refractivity contribution in [2.75, 3.05) is 13.2 Å². The molecule has 1 aromatic carbocycles. The number of hydrogen-bond donors (Lipinski definition) is 1. The summed E-state index contributed by atoms with van der Waals surface area (Å²) in [6.07, 6.45) is 3.11. The van der Waals surface area contributed by atoms with E-state index in [-0.39, 0.29) is 11.9 Å². The first-order valence-corrected chi connectivity index (χ1v) is 7.35. The molecule has 2 heterocycles. The van der Waals surface area contributed by atoms with E-state index in [9.17, 15) is 4.39 Å². The molecule has 0 bridgehead atoms. The van der Waals surface area contributed by atoms with Crippen LogP contribution in [0.3, 0.4) is 0 Å². The van der Waals surface area contributed by atoms with E-state index < -0.39 is 0 Å². The Balaban J connectivity index is 1.99. The van der Waals surface area contributed by atoms with Crippen LogP contribution in [0.1, 0.15) is 24.3 Å². The highest BCUT2D eigenvalue weighted by Crippen LogP contribution is 2.35.